The Morgan fingerprint density at radius 2 is 1.58 bits per heavy atom. The zero-order chi connectivity index (χ0) is 25.3. The molecule has 5 heteroatoms. The lowest BCUT2D eigenvalue weighted by Crippen LogP contribution is -2.28. The Bertz CT molecular complexity index is 1380. The van der Waals surface area contributed by atoms with Crippen LogP contribution in [0.2, 0.25) is 0 Å². The van der Waals surface area contributed by atoms with Crippen molar-refractivity contribution in [2.24, 2.45) is 0 Å². The van der Waals surface area contributed by atoms with E-state index in [0.717, 1.165) is 28.0 Å². The fraction of sp³-hybridized carbons (Fsp3) is 0.194. The number of ether oxygens (including phenoxy) is 1. The number of nitrogens with zero attached hydrogens (tertiary/aromatic N) is 1. The van der Waals surface area contributed by atoms with E-state index in [1.165, 1.54) is 19.1 Å². The Morgan fingerprint density at radius 3 is 2.28 bits per heavy atom. The van der Waals surface area contributed by atoms with Crippen LogP contribution in [0.4, 0.5) is 8.78 Å². The molecule has 1 atom stereocenters. The summed E-state index contributed by atoms with van der Waals surface area (Å²) in [5.41, 5.74) is 4.90. The van der Waals surface area contributed by atoms with Gasteiger partial charge in [0.2, 0.25) is 0 Å². The van der Waals surface area contributed by atoms with E-state index in [-0.39, 0.29) is 23.9 Å². The van der Waals surface area contributed by atoms with Crippen molar-refractivity contribution in [1.29, 1.82) is 0 Å². The summed E-state index contributed by atoms with van der Waals surface area (Å²) in [6.45, 7) is 1.93. The third-order valence-corrected chi connectivity index (χ3v) is 6.84. The smallest absolute Gasteiger partial charge is 0.273 e. The molecule has 182 valence electrons. The molecule has 5 rings (SSSR count). The fourth-order valence-electron chi connectivity index (χ4n) is 4.82. The first-order chi connectivity index (χ1) is 17.4. The zero-order valence-corrected chi connectivity index (χ0v) is 20.2. The summed E-state index contributed by atoms with van der Waals surface area (Å²) < 4.78 is 34.0. The van der Waals surface area contributed by atoms with E-state index in [9.17, 15) is 13.6 Å². The predicted octanol–water partition coefficient (Wildman–Crippen LogP) is 7.61. The molecule has 3 nitrogen and oxygen atoms in total. The molecule has 0 spiro atoms. The summed E-state index contributed by atoms with van der Waals surface area (Å²) in [6.07, 6.45) is -0.267. The van der Waals surface area contributed by atoms with E-state index in [4.69, 9.17) is 4.74 Å². The fourth-order valence-corrected chi connectivity index (χ4v) is 4.82. The second kappa shape index (κ2) is 9.57. The van der Waals surface area contributed by atoms with Gasteiger partial charge >= 0.3 is 0 Å². The van der Waals surface area contributed by atoms with Crippen LogP contribution in [0, 0.1) is 0 Å². The highest BCUT2D eigenvalue weighted by Crippen LogP contribution is 2.42. The summed E-state index contributed by atoms with van der Waals surface area (Å²) in [4.78, 5) is 15.6. The second-order valence-electron chi connectivity index (χ2n) is 9.04. The van der Waals surface area contributed by atoms with Gasteiger partial charge in [0.05, 0.1) is 13.2 Å². The summed E-state index contributed by atoms with van der Waals surface area (Å²) in [6, 6.07) is 29.5. The number of hydrogen-bond acceptors (Lipinski definition) is 2. The number of carbonyl (C=O) groups is 1. The molecule has 0 radical (unpaired) electrons. The maximum atomic E-state index is 14.3. The van der Waals surface area contributed by atoms with Gasteiger partial charge in [0.1, 0.15) is 5.75 Å². The molecule has 1 unspecified atom stereocenters. The Hall–Kier alpha value is -3.99. The predicted molar refractivity (Wildman–Crippen MR) is 137 cm³/mol. The van der Waals surface area contributed by atoms with Crippen LogP contribution in [0.5, 0.6) is 5.75 Å². The summed E-state index contributed by atoms with van der Waals surface area (Å²) in [5, 5.41) is 0. The quantitative estimate of drug-likeness (QED) is 0.271. The van der Waals surface area contributed by atoms with Gasteiger partial charge in [-0.15, -0.1) is 0 Å². The van der Waals surface area contributed by atoms with E-state index in [0.29, 0.717) is 17.7 Å². The van der Waals surface area contributed by atoms with Crippen LogP contribution in [0.3, 0.4) is 0 Å². The molecule has 0 saturated heterocycles. The van der Waals surface area contributed by atoms with Gasteiger partial charge in [-0.3, -0.25) is 4.79 Å². The third kappa shape index (κ3) is 4.37. The lowest BCUT2D eigenvalue weighted by Gasteiger charge is -2.26. The first-order valence-corrected chi connectivity index (χ1v) is 12.0. The van der Waals surface area contributed by atoms with Gasteiger partial charge in [-0.25, -0.2) is 8.78 Å². The number of halogens is 2. The molecular weight excluding hydrogens is 456 g/mol. The van der Waals surface area contributed by atoms with Crippen molar-refractivity contribution in [2.75, 3.05) is 7.11 Å². The van der Waals surface area contributed by atoms with Crippen LogP contribution in [0.25, 0.3) is 11.1 Å². The largest absolute Gasteiger partial charge is 0.497 e. The number of alkyl halides is 2. The molecule has 0 aromatic heterocycles. The normalized spacial score (nSPS) is 15.2. The molecule has 0 saturated carbocycles. The minimum Gasteiger partial charge on any atom is -0.497 e. The highest BCUT2D eigenvalue weighted by atomic mass is 19.3. The summed E-state index contributed by atoms with van der Waals surface area (Å²) in [7, 11) is 1.62. The minimum atomic E-state index is -2.89. The van der Waals surface area contributed by atoms with E-state index in [2.05, 4.69) is 0 Å². The van der Waals surface area contributed by atoms with Gasteiger partial charge in [0.25, 0.3) is 11.8 Å². The van der Waals surface area contributed by atoms with Crippen molar-refractivity contribution >= 4 is 5.91 Å². The number of benzene rings is 4. The van der Waals surface area contributed by atoms with E-state index in [1.54, 1.807) is 19.2 Å². The molecular formula is C31H27F2NO2. The molecule has 4 aromatic carbocycles. The maximum absolute atomic E-state index is 14.3. The lowest BCUT2D eigenvalue weighted by molar-refractivity contribution is -0.00824. The lowest BCUT2D eigenvalue weighted by atomic mass is 9.93. The number of amides is 1. The molecule has 4 aromatic rings. The second-order valence-corrected chi connectivity index (χ2v) is 9.04. The van der Waals surface area contributed by atoms with E-state index >= 15 is 0 Å². The van der Waals surface area contributed by atoms with E-state index in [1.807, 2.05) is 77.7 Å². The molecule has 1 aliphatic heterocycles. The van der Waals surface area contributed by atoms with Crippen molar-refractivity contribution in [3.8, 4) is 16.9 Å². The Morgan fingerprint density at radius 1 is 0.861 bits per heavy atom. The van der Waals surface area contributed by atoms with E-state index < -0.39 is 5.92 Å². The molecule has 36 heavy (non-hydrogen) atoms. The van der Waals surface area contributed by atoms with Gasteiger partial charge in [-0.05, 0) is 52.1 Å². The highest BCUT2D eigenvalue weighted by Gasteiger charge is 2.38. The van der Waals surface area contributed by atoms with Crippen molar-refractivity contribution in [2.45, 2.75) is 31.9 Å². The van der Waals surface area contributed by atoms with Crippen molar-refractivity contribution in [1.82, 2.24) is 4.90 Å². The van der Waals surface area contributed by atoms with Gasteiger partial charge in [0, 0.05) is 24.1 Å². The maximum Gasteiger partial charge on any atom is 0.273 e. The highest BCUT2D eigenvalue weighted by molar-refractivity contribution is 6.01. The number of rotatable bonds is 7. The first-order valence-electron chi connectivity index (χ1n) is 12.0. The van der Waals surface area contributed by atoms with Crippen LogP contribution in [0.1, 0.15) is 52.0 Å². The number of carbonyl (C=O) groups excluding carboxylic acids is 1. The molecule has 1 amide bonds. The molecule has 0 bridgehead atoms. The van der Waals surface area contributed by atoms with Crippen LogP contribution in [-0.2, 0) is 12.5 Å². The van der Waals surface area contributed by atoms with Crippen LogP contribution >= 0.6 is 0 Å². The number of hydrogen-bond donors (Lipinski definition) is 0. The Labute approximate surface area is 210 Å². The monoisotopic (exact) mass is 483 g/mol. The third-order valence-electron chi connectivity index (χ3n) is 6.84. The Kier molecular flexibility index (Phi) is 6.31. The number of fused-ring (bicyclic) bond motifs is 1. The average Bonchev–Trinajstić information content (AvgIpc) is 3.19. The van der Waals surface area contributed by atoms with Gasteiger partial charge < -0.3 is 9.64 Å². The molecule has 1 heterocycles. The van der Waals surface area contributed by atoms with Crippen molar-refractivity contribution < 1.29 is 18.3 Å². The van der Waals surface area contributed by atoms with Crippen molar-refractivity contribution in [3.63, 3.8) is 0 Å². The van der Waals surface area contributed by atoms with Gasteiger partial charge in [-0.2, -0.15) is 0 Å². The van der Waals surface area contributed by atoms with Gasteiger partial charge in [0.15, 0.2) is 0 Å². The number of methoxy groups -OCH3 is 1. The zero-order valence-electron chi connectivity index (χ0n) is 20.2. The SMILES string of the molecule is CCC(F)(F)c1cccc(-c2ccc3c(c2)C(=O)N(Cc2ccccc2)C3c2ccc(OC)cc2)c1. The van der Waals surface area contributed by atoms with Crippen LogP contribution < -0.4 is 4.74 Å². The topological polar surface area (TPSA) is 29.5 Å². The van der Waals surface area contributed by atoms with Crippen LogP contribution in [0.15, 0.2) is 97.1 Å². The van der Waals surface area contributed by atoms with Crippen LogP contribution in [-0.4, -0.2) is 17.9 Å². The molecule has 0 aliphatic carbocycles. The summed E-state index contributed by atoms with van der Waals surface area (Å²) >= 11 is 0. The Balaban J connectivity index is 1.57. The molecule has 1 aliphatic rings. The standard InChI is InChI=1S/C31H27F2NO2/c1-3-31(32,33)25-11-7-10-23(18-25)24-14-17-27-28(19-24)30(35)34(20-21-8-5-4-6-9-21)29(27)22-12-15-26(36-2)16-13-22/h4-19,29H,3,20H2,1-2H3. The van der Waals surface area contributed by atoms with Gasteiger partial charge in [-0.1, -0.05) is 79.7 Å². The minimum absolute atomic E-state index is 0.0175. The average molecular weight is 484 g/mol. The summed E-state index contributed by atoms with van der Waals surface area (Å²) in [5.74, 6) is -2.22. The molecule has 0 fully saturated rings. The van der Waals surface area contributed by atoms with Crippen molar-refractivity contribution in [3.05, 3.63) is 125 Å². The molecule has 0 N–H and O–H groups in total. The first kappa shape index (κ1) is 23.7.